The smallest absolute Gasteiger partial charge is 0.352 e. The van der Waals surface area contributed by atoms with E-state index in [4.69, 9.17) is 22.1 Å². The number of ether oxygens (including phenoxy) is 1. The summed E-state index contributed by atoms with van der Waals surface area (Å²) in [5.74, 6) is -2.71. The highest BCUT2D eigenvalue weighted by atomic mass is 35.5. The molecule has 2 atom stereocenters. The molecular weight excluding hydrogens is 462 g/mol. The number of aromatic amines is 1. The van der Waals surface area contributed by atoms with Gasteiger partial charge in [0.05, 0.1) is 5.69 Å². The summed E-state index contributed by atoms with van der Waals surface area (Å²) in [4.78, 5) is 39.1. The molecule has 0 aliphatic heterocycles. The van der Waals surface area contributed by atoms with Crippen molar-refractivity contribution in [2.75, 3.05) is 5.32 Å². The van der Waals surface area contributed by atoms with E-state index >= 15 is 0 Å². The van der Waals surface area contributed by atoms with Crippen molar-refractivity contribution >= 4 is 46.0 Å². The minimum Gasteiger partial charge on any atom is -0.479 e. The minimum absolute atomic E-state index is 0.0435. The standard InChI is InChI=1S/C24H24ClN3O6/c1-11(23(30)31)34-18-6-12(10-26)2-5-16(18)27-19(29)8-14-4-3-13-7-15(25)9-17-20(13)21(14)22(28-17)24(32)33/h2,5-7,9,11,14,28H,3-4,8,10,26H2,1H3,(H,27,29)(H,30,31)(H,32,33). The predicted molar refractivity (Wildman–Crippen MR) is 127 cm³/mol. The van der Waals surface area contributed by atoms with E-state index in [1.165, 1.54) is 6.92 Å². The molecule has 2 unspecified atom stereocenters. The Balaban J connectivity index is 1.61. The van der Waals surface area contributed by atoms with Gasteiger partial charge in [-0.15, -0.1) is 0 Å². The van der Waals surface area contributed by atoms with E-state index in [0.29, 0.717) is 40.2 Å². The summed E-state index contributed by atoms with van der Waals surface area (Å²) < 4.78 is 5.52. The summed E-state index contributed by atoms with van der Waals surface area (Å²) >= 11 is 6.18. The van der Waals surface area contributed by atoms with E-state index in [9.17, 15) is 24.6 Å². The number of amides is 1. The number of nitrogens with one attached hydrogen (secondary N) is 2. The quantitative estimate of drug-likeness (QED) is 0.324. The molecule has 10 heteroatoms. The molecule has 2 aromatic carbocycles. The number of aryl methyl sites for hydroxylation is 1. The van der Waals surface area contributed by atoms with Crippen LogP contribution in [0.3, 0.4) is 0 Å². The fraction of sp³-hybridized carbons (Fsp3) is 0.292. The van der Waals surface area contributed by atoms with Crippen LogP contribution in [-0.2, 0) is 22.6 Å². The maximum Gasteiger partial charge on any atom is 0.352 e. The van der Waals surface area contributed by atoms with Crippen LogP contribution in [0, 0.1) is 0 Å². The Morgan fingerprint density at radius 1 is 1.26 bits per heavy atom. The van der Waals surface area contributed by atoms with Gasteiger partial charge >= 0.3 is 11.9 Å². The number of hydrogen-bond donors (Lipinski definition) is 5. The number of carboxylic acid groups (broad SMARTS) is 2. The van der Waals surface area contributed by atoms with E-state index in [1.54, 1.807) is 24.3 Å². The maximum atomic E-state index is 13.0. The molecule has 6 N–H and O–H groups in total. The first-order valence-corrected chi connectivity index (χ1v) is 11.1. The molecule has 0 saturated carbocycles. The van der Waals surface area contributed by atoms with Gasteiger partial charge in [-0.3, -0.25) is 4.79 Å². The van der Waals surface area contributed by atoms with Gasteiger partial charge in [-0.25, -0.2) is 9.59 Å². The summed E-state index contributed by atoms with van der Waals surface area (Å²) in [5.41, 5.74) is 8.96. The maximum absolute atomic E-state index is 13.0. The second kappa shape index (κ2) is 9.36. The topological polar surface area (TPSA) is 155 Å². The van der Waals surface area contributed by atoms with Crippen molar-refractivity contribution in [1.82, 2.24) is 4.98 Å². The second-order valence-electron chi connectivity index (χ2n) is 8.33. The number of anilines is 1. The lowest BCUT2D eigenvalue weighted by atomic mass is 9.81. The number of carbonyl (C=O) groups is 3. The summed E-state index contributed by atoms with van der Waals surface area (Å²) in [6.45, 7) is 1.61. The molecule has 4 rings (SSSR count). The van der Waals surface area contributed by atoms with Crippen LogP contribution >= 0.6 is 11.6 Å². The van der Waals surface area contributed by atoms with Gasteiger partial charge in [0.15, 0.2) is 6.10 Å². The van der Waals surface area contributed by atoms with Gasteiger partial charge in [-0.05, 0) is 66.6 Å². The third kappa shape index (κ3) is 4.57. The van der Waals surface area contributed by atoms with Gasteiger partial charge in [0.2, 0.25) is 5.91 Å². The van der Waals surface area contributed by atoms with Crippen molar-refractivity contribution in [2.24, 2.45) is 5.73 Å². The molecule has 178 valence electrons. The van der Waals surface area contributed by atoms with Crippen LogP contribution in [0.5, 0.6) is 5.75 Å². The fourth-order valence-electron chi connectivity index (χ4n) is 4.42. The SMILES string of the molecule is CC(Oc1cc(CN)ccc1NC(=O)CC1CCc2cc(Cl)cc3[nH]c(C(=O)O)c1c23)C(=O)O. The number of aliphatic carboxylic acids is 1. The Labute approximate surface area is 199 Å². The monoisotopic (exact) mass is 485 g/mol. The molecule has 9 nitrogen and oxygen atoms in total. The van der Waals surface area contributed by atoms with E-state index in [2.05, 4.69) is 10.3 Å². The molecule has 0 radical (unpaired) electrons. The summed E-state index contributed by atoms with van der Waals surface area (Å²) in [6.07, 6.45) is 0.160. The molecule has 1 aromatic heterocycles. The van der Waals surface area contributed by atoms with Crippen molar-refractivity contribution in [3.05, 3.63) is 57.7 Å². The first kappa shape index (κ1) is 23.6. The average molecular weight is 486 g/mol. The van der Waals surface area contributed by atoms with Crippen LogP contribution < -0.4 is 15.8 Å². The van der Waals surface area contributed by atoms with Crippen molar-refractivity contribution in [1.29, 1.82) is 0 Å². The van der Waals surface area contributed by atoms with Crippen LogP contribution in [-0.4, -0.2) is 39.1 Å². The Morgan fingerprint density at radius 3 is 2.71 bits per heavy atom. The van der Waals surface area contributed by atoms with E-state index in [1.807, 2.05) is 6.07 Å². The zero-order valence-corrected chi connectivity index (χ0v) is 19.1. The highest BCUT2D eigenvalue weighted by Crippen LogP contribution is 2.42. The summed E-state index contributed by atoms with van der Waals surface area (Å²) in [5, 5.41) is 23.0. The zero-order chi connectivity index (χ0) is 24.6. The fourth-order valence-corrected chi connectivity index (χ4v) is 4.66. The number of H-pyrrole nitrogens is 1. The molecular formula is C24H24ClN3O6. The lowest BCUT2D eigenvalue weighted by Gasteiger charge is -2.23. The Morgan fingerprint density at radius 2 is 2.03 bits per heavy atom. The highest BCUT2D eigenvalue weighted by Gasteiger charge is 2.31. The number of halogens is 1. The third-order valence-electron chi connectivity index (χ3n) is 6.01. The predicted octanol–water partition coefficient (Wildman–Crippen LogP) is 3.89. The van der Waals surface area contributed by atoms with Crippen molar-refractivity contribution in [3.63, 3.8) is 0 Å². The van der Waals surface area contributed by atoms with Crippen molar-refractivity contribution < 1.29 is 29.3 Å². The zero-order valence-electron chi connectivity index (χ0n) is 18.4. The van der Waals surface area contributed by atoms with E-state index in [-0.39, 0.29) is 36.2 Å². The second-order valence-corrected chi connectivity index (χ2v) is 8.76. The number of carboxylic acids is 2. The van der Waals surface area contributed by atoms with Crippen LogP contribution in [0.4, 0.5) is 5.69 Å². The molecule has 34 heavy (non-hydrogen) atoms. The Kier molecular flexibility index (Phi) is 6.49. The molecule has 0 bridgehead atoms. The lowest BCUT2D eigenvalue weighted by molar-refractivity contribution is -0.144. The van der Waals surface area contributed by atoms with E-state index in [0.717, 1.165) is 10.9 Å². The van der Waals surface area contributed by atoms with Gasteiger partial charge in [0, 0.05) is 28.9 Å². The van der Waals surface area contributed by atoms with Crippen LogP contribution in [0.25, 0.3) is 10.9 Å². The molecule has 0 spiro atoms. The molecule has 1 amide bonds. The van der Waals surface area contributed by atoms with Gasteiger partial charge in [-0.1, -0.05) is 17.7 Å². The summed E-state index contributed by atoms with van der Waals surface area (Å²) in [7, 11) is 0. The van der Waals surface area contributed by atoms with Crippen LogP contribution in [0.1, 0.15) is 52.9 Å². The molecule has 1 aliphatic rings. The first-order chi connectivity index (χ1) is 16.2. The van der Waals surface area contributed by atoms with Gasteiger partial charge in [0.1, 0.15) is 11.4 Å². The number of rotatable bonds is 8. The largest absolute Gasteiger partial charge is 0.479 e. The minimum atomic E-state index is -1.14. The van der Waals surface area contributed by atoms with E-state index < -0.39 is 18.0 Å². The van der Waals surface area contributed by atoms with Gasteiger partial charge in [-0.2, -0.15) is 0 Å². The number of aromatic nitrogens is 1. The number of nitrogens with two attached hydrogens (primary N) is 1. The third-order valence-corrected chi connectivity index (χ3v) is 6.22. The lowest BCUT2D eigenvalue weighted by Crippen LogP contribution is -2.24. The number of hydrogen-bond acceptors (Lipinski definition) is 5. The highest BCUT2D eigenvalue weighted by molar-refractivity contribution is 6.31. The normalized spacial score (nSPS) is 15.7. The first-order valence-electron chi connectivity index (χ1n) is 10.8. The molecule has 0 saturated heterocycles. The number of benzene rings is 2. The molecule has 1 aliphatic carbocycles. The molecule has 3 aromatic rings. The van der Waals surface area contributed by atoms with Crippen molar-refractivity contribution in [2.45, 2.75) is 44.8 Å². The number of carbonyl (C=O) groups excluding carboxylic acids is 1. The summed E-state index contributed by atoms with van der Waals surface area (Å²) in [6, 6.07) is 8.43. The molecule has 1 heterocycles. The molecule has 0 fully saturated rings. The van der Waals surface area contributed by atoms with Crippen molar-refractivity contribution in [3.8, 4) is 5.75 Å². The van der Waals surface area contributed by atoms with Crippen LogP contribution in [0.15, 0.2) is 30.3 Å². The Hall–Kier alpha value is -3.56. The van der Waals surface area contributed by atoms with Gasteiger partial charge in [0.25, 0.3) is 0 Å². The van der Waals surface area contributed by atoms with Gasteiger partial charge < -0.3 is 31.0 Å². The van der Waals surface area contributed by atoms with Crippen LogP contribution in [0.2, 0.25) is 5.02 Å². The Bertz CT molecular complexity index is 1300. The number of aromatic carboxylic acids is 1. The average Bonchev–Trinajstić information content (AvgIpc) is 3.17.